The Labute approximate surface area is 113 Å². The van der Waals surface area contributed by atoms with Gasteiger partial charge in [-0.2, -0.15) is 0 Å². The zero-order chi connectivity index (χ0) is 13.9. The first-order chi connectivity index (χ1) is 8.19. The standard InChI is InChI=1S/C13H22N2O2S/c1-8(16)9(2)18-11-7-6-10(14)12(15-11)17-13(3,4)5/h6-9,16H,14H2,1-5H3. The summed E-state index contributed by atoms with van der Waals surface area (Å²) in [5.41, 5.74) is 6.03. The van der Waals surface area contributed by atoms with E-state index in [-0.39, 0.29) is 17.0 Å². The van der Waals surface area contributed by atoms with Crippen LogP contribution in [0.5, 0.6) is 5.88 Å². The second-order valence-corrected chi connectivity index (χ2v) is 6.72. The lowest BCUT2D eigenvalue weighted by Gasteiger charge is -2.22. The molecule has 4 nitrogen and oxygen atoms in total. The minimum Gasteiger partial charge on any atom is -0.470 e. The van der Waals surface area contributed by atoms with E-state index in [1.807, 2.05) is 33.8 Å². The number of hydrogen-bond donors (Lipinski definition) is 2. The van der Waals surface area contributed by atoms with Crippen LogP contribution in [0.3, 0.4) is 0 Å². The van der Waals surface area contributed by atoms with Gasteiger partial charge in [0, 0.05) is 5.25 Å². The van der Waals surface area contributed by atoms with Gasteiger partial charge in [-0.15, -0.1) is 11.8 Å². The predicted molar refractivity (Wildman–Crippen MR) is 76.0 cm³/mol. The number of aliphatic hydroxyl groups is 1. The number of pyridine rings is 1. The van der Waals surface area contributed by atoms with Crippen LogP contribution in [0.2, 0.25) is 0 Å². The molecule has 5 heteroatoms. The van der Waals surface area contributed by atoms with Gasteiger partial charge in [0.1, 0.15) is 10.6 Å². The van der Waals surface area contributed by atoms with E-state index in [2.05, 4.69) is 4.98 Å². The SMILES string of the molecule is CC(O)C(C)Sc1ccc(N)c(OC(C)(C)C)n1. The van der Waals surface area contributed by atoms with Crippen LogP contribution in [-0.2, 0) is 0 Å². The Bertz CT molecular complexity index is 402. The fraction of sp³-hybridized carbons (Fsp3) is 0.615. The maximum atomic E-state index is 9.49. The van der Waals surface area contributed by atoms with Crippen LogP contribution in [0.15, 0.2) is 17.2 Å². The minimum atomic E-state index is -0.388. The van der Waals surface area contributed by atoms with Crippen LogP contribution in [0, 0.1) is 0 Å². The van der Waals surface area contributed by atoms with Crippen LogP contribution in [0.25, 0.3) is 0 Å². The number of rotatable bonds is 4. The Morgan fingerprint density at radius 1 is 1.33 bits per heavy atom. The van der Waals surface area contributed by atoms with Crippen molar-refractivity contribution in [3.63, 3.8) is 0 Å². The van der Waals surface area contributed by atoms with Gasteiger partial charge >= 0.3 is 0 Å². The molecule has 0 fully saturated rings. The summed E-state index contributed by atoms with van der Waals surface area (Å²) in [5.74, 6) is 0.449. The summed E-state index contributed by atoms with van der Waals surface area (Å²) in [6.07, 6.45) is -0.388. The molecule has 0 bridgehead atoms. The number of nitrogens with zero attached hydrogens (tertiary/aromatic N) is 1. The van der Waals surface area contributed by atoms with Crippen LogP contribution >= 0.6 is 11.8 Å². The molecule has 0 saturated heterocycles. The summed E-state index contributed by atoms with van der Waals surface area (Å²) in [5, 5.41) is 10.4. The van der Waals surface area contributed by atoms with Crippen molar-refractivity contribution >= 4 is 17.4 Å². The molecule has 0 radical (unpaired) electrons. The minimum absolute atomic E-state index is 0.0728. The zero-order valence-electron chi connectivity index (χ0n) is 11.6. The van der Waals surface area contributed by atoms with E-state index < -0.39 is 0 Å². The second-order valence-electron chi connectivity index (χ2n) is 5.32. The Morgan fingerprint density at radius 2 is 1.94 bits per heavy atom. The molecule has 2 unspecified atom stereocenters. The highest BCUT2D eigenvalue weighted by Gasteiger charge is 2.17. The molecule has 2 atom stereocenters. The van der Waals surface area contributed by atoms with Crippen LogP contribution < -0.4 is 10.5 Å². The first kappa shape index (κ1) is 15.1. The Morgan fingerprint density at radius 3 is 2.44 bits per heavy atom. The first-order valence-corrected chi connectivity index (χ1v) is 6.87. The number of hydrogen-bond acceptors (Lipinski definition) is 5. The van der Waals surface area contributed by atoms with Crippen molar-refractivity contribution in [1.29, 1.82) is 0 Å². The summed E-state index contributed by atoms with van der Waals surface area (Å²) < 4.78 is 5.70. The number of nitrogens with two attached hydrogens (primary N) is 1. The predicted octanol–water partition coefficient (Wildman–Crippen LogP) is 2.70. The average molecular weight is 270 g/mol. The van der Waals surface area contributed by atoms with E-state index in [4.69, 9.17) is 10.5 Å². The third-order valence-electron chi connectivity index (χ3n) is 2.25. The molecule has 1 rings (SSSR count). The van der Waals surface area contributed by atoms with E-state index in [1.54, 1.807) is 13.0 Å². The molecule has 0 amide bonds. The Hall–Kier alpha value is -0.940. The third kappa shape index (κ3) is 4.74. The number of anilines is 1. The van der Waals surface area contributed by atoms with E-state index in [1.165, 1.54) is 11.8 Å². The average Bonchev–Trinajstić information content (AvgIpc) is 2.20. The van der Waals surface area contributed by atoms with Gasteiger partial charge in [0.05, 0.1) is 11.8 Å². The summed E-state index contributed by atoms with van der Waals surface area (Å²) in [6, 6.07) is 3.62. The molecule has 0 aromatic carbocycles. The van der Waals surface area contributed by atoms with Crippen molar-refractivity contribution in [2.45, 2.75) is 56.6 Å². The number of nitrogen functional groups attached to an aromatic ring is 1. The molecular weight excluding hydrogens is 248 g/mol. The van der Waals surface area contributed by atoms with Gasteiger partial charge in [-0.05, 0) is 39.8 Å². The maximum Gasteiger partial charge on any atom is 0.238 e. The lowest BCUT2D eigenvalue weighted by Crippen LogP contribution is -2.24. The number of aromatic nitrogens is 1. The van der Waals surface area contributed by atoms with Crippen molar-refractivity contribution in [2.75, 3.05) is 5.73 Å². The highest BCUT2D eigenvalue weighted by atomic mass is 32.2. The summed E-state index contributed by atoms with van der Waals surface area (Å²) in [6.45, 7) is 9.57. The van der Waals surface area contributed by atoms with Gasteiger partial charge in [0.15, 0.2) is 0 Å². The zero-order valence-corrected chi connectivity index (χ0v) is 12.4. The van der Waals surface area contributed by atoms with Crippen molar-refractivity contribution < 1.29 is 9.84 Å². The molecule has 1 aromatic rings. The first-order valence-electron chi connectivity index (χ1n) is 5.99. The van der Waals surface area contributed by atoms with Crippen LogP contribution in [0.1, 0.15) is 34.6 Å². The second kappa shape index (κ2) is 5.80. The Balaban J connectivity index is 2.87. The largest absolute Gasteiger partial charge is 0.470 e. The highest BCUT2D eigenvalue weighted by molar-refractivity contribution is 7.99. The van der Waals surface area contributed by atoms with Gasteiger partial charge in [0.25, 0.3) is 0 Å². The lowest BCUT2D eigenvalue weighted by atomic mass is 10.2. The molecule has 0 aliphatic heterocycles. The van der Waals surface area contributed by atoms with Crippen LogP contribution in [-0.4, -0.2) is 27.0 Å². The normalized spacial score (nSPS) is 15.2. The quantitative estimate of drug-likeness (QED) is 0.823. The molecule has 3 N–H and O–H groups in total. The molecule has 0 aliphatic carbocycles. The Kier molecular flexibility index (Phi) is 4.87. The smallest absolute Gasteiger partial charge is 0.238 e. The molecular formula is C13H22N2O2S. The summed E-state index contributed by atoms with van der Waals surface area (Å²) >= 11 is 1.50. The fourth-order valence-corrected chi connectivity index (χ4v) is 2.02. The van der Waals surface area contributed by atoms with Crippen molar-refractivity contribution in [1.82, 2.24) is 4.98 Å². The molecule has 0 aliphatic rings. The van der Waals surface area contributed by atoms with Gasteiger partial charge in [-0.1, -0.05) is 6.92 Å². The molecule has 0 saturated carbocycles. The highest BCUT2D eigenvalue weighted by Crippen LogP contribution is 2.29. The van der Waals surface area contributed by atoms with E-state index >= 15 is 0 Å². The van der Waals surface area contributed by atoms with Gasteiger partial charge in [-0.3, -0.25) is 0 Å². The third-order valence-corrected chi connectivity index (χ3v) is 3.49. The van der Waals surface area contributed by atoms with Crippen molar-refractivity contribution in [3.05, 3.63) is 12.1 Å². The molecule has 1 aromatic heterocycles. The van der Waals surface area contributed by atoms with Crippen molar-refractivity contribution in [3.8, 4) is 5.88 Å². The molecule has 0 spiro atoms. The van der Waals surface area contributed by atoms with Gasteiger partial charge in [0.2, 0.25) is 5.88 Å². The molecule has 18 heavy (non-hydrogen) atoms. The monoisotopic (exact) mass is 270 g/mol. The van der Waals surface area contributed by atoms with Crippen LogP contribution in [0.4, 0.5) is 5.69 Å². The van der Waals surface area contributed by atoms with E-state index in [0.29, 0.717) is 11.6 Å². The summed E-state index contributed by atoms with van der Waals surface area (Å²) in [7, 11) is 0. The number of thioether (sulfide) groups is 1. The van der Waals surface area contributed by atoms with E-state index in [9.17, 15) is 5.11 Å². The van der Waals surface area contributed by atoms with Gasteiger partial charge in [-0.25, -0.2) is 4.98 Å². The van der Waals surface area contributed by atoms with Crippen molar-refractivity contribution in [2.24, 2.45) is 0 Å². The number of ether oxygens (including phenoxy) is 1. The lowest BCUT2D eigenvalue weighted by molar-refractivity contribution is 0.124. The van der Waals surface area contributed by atoms with E-state index in [0.717, 1.165) is 5.03 Å². The maximum absolute atomic E-state index is 9.49. The fourth-order valence-electron chi connectivity index (χ4n) is 1.16. The molecule has 102 valence electrons. The van der Waals surface area contributed by atoms with Gasteiger partial charge < -0.3 is 15.6 Å². The topological polar surface area (TPSA) is 68.4 Å². The molecule has 1 heterocycles. The summed E-state index contributed by atoms with van der Waals surface area (Å²) in [4.78, 5) is 4.38. The number of aliphatic hydroxyl groups excluding tert-OH is 1.